The number of phenols is 1. The molecule has 3 amide bonds. The van der Waals surface area contributed by atoms with Crippen molar-refractivity contribution in [3.05, 3.63) is 88.9 Å². The number of benzene rings is 3. The minimum atomic E-state index is -1.83. The van der Waals surface area contributed by atoms with Gasteiger partial charge in [0.25, 0.3) is 11.8 Å². The number of nitrogens with zero attached hydrogens (tertiary/aromatic N) is 8. The van der Waals surface area contributed by atoms with E-state index in [0.717, 1.165) is 96.3 Å². The number of piperidine rings is 1. The summed E-state index contributed by atoms with van der Waals surface area (Å²) < 4.78 is 29.9. The highest BCUT2D eigenvalue weighted by Gasteiger charge is 2.57. The van der Waals surface area contributed by atoms with Crippen LogP contribution in [0.3, 0.4) is 0 Å². The monoisotopic (exact) mass is 1090 g/mol. The second kappa shape index (κ2) is 21.9. The number of aliphatic imine (C=N–C) groups is 1. The number of thiazole rings is 1. The van der Waals surface area contributed by atoms with Crippen LogP contribution in [-0.4, -0.2) is 148 Å². The summed E-state index contributed by atoms with van der Waals surface area (Å²) in [5, 5.41) is 19.6. The first-order valence-electron chi connectivity index (χ1n) is 28.1. The number of piperazine rings is 1. The molecule has 412 valence electrons. The van der Waals surface area contributed by atoms with E-state index in [1.54, 1.807) is 36.6 Å². The molecule has 0 spiro atoms. The van der Waals surface area contributed by atoms with Gasteiger partial charge in [-0.3, -0.25) is 24.3 Å². The molecule has 79 heavy (non-hydrogen) atoms. The van der Waals surface area contributed by atoms with Gasteiger partial charge in [0.15, 0.2) is 5.82 Å². The van der Waals surface area contributed by atoms with Crippen LogP contribution in [0, 0.1) is 24.1 Å². The number of fused-ring (bicyclic) bond motifs is 4. The summed E-state index contributed by atoms with van der Waals surface area (Å²) >= 11 is 1.58. The third kappa shape index (κ3) is 10.9. The Hall–Kier alpha value is -6.41. The Bertz CT molecular complexity index is 3330. The number of hydrogen-bond donors (Lipinski definition) is 3. The molecular formula is C60H70BFN10O6S. The number of carbonyl (C=O) groups is 3. The van der Waals surface area contributed by atoms with E-state index in [9.17, 15) is 19.5 Å². The van der Waals surface area contributed by atoms with Gasteiger partial charge in [-0.1, -0.05) is 70.2 Å². The number of amides is 3. The van der Waals surface area contributed by atoms with E-state index in [0.29, 0.717) is 79.9 Å². The smallest absolute Gasteiger partial charge is 0.319 e. The SMILES string of the molecule is [B]C(NC(=O)C1(OCC2CCN(CCOc3nc(N4CC5CCC(C4)N5)c4cnc(-c5cc(O)cc6cccc(CC)c56)c(F)c4n3)CC2)CC1)(C(=O)N1CCCC1C(=O)N=C(C)c1ccc(-c2scnc2C)cc1)C(C)(C)C. The van der Waals surface area contributed by atoms with E-state index >= 15 is 4.39 Å². The van der Waals surface area contributed by atoms with E-state index in [1.165, 1.54) is 4.90 Å². The highest BCUT2D eigenvalue weighted by atomic mass is 32.1. The normalized spacial score (nSPS) is 21.4. The van der Waals surface area contributed by atoms with Crippen molar-refractivity contribution in [2.75, 3.05) is 57.4 Å². The zero-order chi connectivity index (χ0) is 55.4. The predicted octanol–water partition coefficient (Wildman–Crippen LogP) is 8.32. The molecule has 4 unspecified atom stereocenters. The van der Waals surface area contributed by atoms with Gasteiger partial charge < -0.3 is 35.0 Å². The van der Waals surface area contributed by atoms with Gasteiger partial charge in [-0.2, -0.15) is 9.97 Å². The maximum Gasteiger partial charge on any atom is 0.319 e. The third-order valence-corrected chi connectivity index (χ3v) is 18.1. The highest BCUT2D eigenvalue weighted by molar-refractivity contribution is 7.13. The lowest BCUT2D eigenvalue weighted by Gasteiger charge is -2.45. The summed E-state index contributed by atoms with van der Waals surface area (Å²) in [6.07, 6.45) is 8.26. The first-order chi connectivity index (χ1) is 37.9. The number of likely N-dealkylation sites (tertiary alicyclic amines) is 2. The minimum absolute atomic E-state index is 0.0266. The molecule has 2 bridgehead atoms. The number of aryl methyl sites for hydroxylation is 2. The van der Waals surface area contributed by atoms with Crippen LogP contribution in [0.25, 0.3) is 43.4 Å². The molecular weight excluding hydrogens is 1020 g/mol. The number of rotatable bonds is 16. The Kier molecular flexibility index (Phi) is 15.1. The van der Waals surface area contributed by atoms with E-state index in [1.807, 2.05) is 75.7 Å². The number of pyridine rings is 1. The molecule has 7 heterocycles. The summed E-state index contributed by atoms with van der Waals surface area (Å²) in [4.78, 5) is 73.0. The van der Waals surface area contributed by atoms with Gasteiger partial charge in [-0.05, 0) is 136 Å². The summed E-state index contributed by atoms with van der Waals surface area (Å²) in [5.41, 5.74) is 3.08. The van der Waals surface area contributed by atoms with Crippen molar-refractivity contribution in [3.63, 3.8) is 0 Å². The molecule has 6 aromatic rings. The number of anilines is 1. The highest BCUT2D eigenvalue weighted by Crippen LogP contribution is 2.44. The molecule has 3 aromatic carbocycles. The van der Waals surface area contributed by atoms with Crippen molar-refractivity contribution < 1.29 is 33.4 Å². The summed E-state index contributed by atoms with van der Waals surface area (Å²) in [6.45, 7) is 15.9. The number of hydrogen-bond acceptors (Lipinski definition) is 14. The van der Waals surface area contributed by atoms with Crippen molar-refractivity contribution in [3.8, 4) is 33.5 Å². The van der Waals surface area contributed by atoms with Gasteiger partial charge in [0.2, 0.25) is 5.91 Å². The van der Waals surface area contributed by atoms with Gasteiger partial charge in [-0.15, -0.1) is 11.3 Å². The van der Waals surface area contributed by atoms with E-state index in [2.05, 4.69) is 37.3 Å². The molecule has 4 saturated heterocycles. The second-order valence-electron chi connectivity index (χ2n) is 23.4. The fourth-order valence-corrected chi connectivity index (χ4v) is 12.8. The number of nitrogens with one attached hydrogen (secondary N) is 2. The fraction of sp³-hybridized carbons (Fsp3) is 0.500. The van der Waals surface area contributed by atoms with Crippen LogP contribution < -0.4 is 20.3 Å². The first-order valence-corrected chi connectivity index (χ1v) is 28.9. The van der Waals surface area contributed by atoms with Gasteiger partial charge in [0.05, 0.1) is 33.5 Å². The molecule has 2 radical (unpaired) electrons. The Balaban J connectivity index is 0.709. The molecule has 3 aromatic heterocycles. The largest absolute Gasteiger partial charge is 0.508 e. The lowest BCUT2D eigenvalue weighted by atomic mass is 9.59. The maximum atomic E-state index is 17.1. The van der Waals surface area contributed by atoms with E-state index in [-0.39, 0.29) is 35.5 Å². The number of ether oxygens (including phenoxy) is 2. The zero-order valence-corrected chi connectivity index (χ0v) is 46.9. The topological polar surface area (TPSA) is 188 Å². The summed E-state index contributed by atoms with van der Waals surface area (Å²) in [7, 11) is 7.03. The number of phenolic OH excluding ortho intramolecular Hbond substituents is 1. The second-order valence-corrected chi connectivity index (χ2v) is 24.3. The van der Waals surface area contributed by atoms with Crippen LogP contribution >= 0.6 is 11.3 Å². The molecule has 5 aliphatic rings. The number of aromatic nitrogens is 4. The van der Waals surface area contributed by atoms with Crippen LogP contribution in [0.1, 0.15) is 103 Å². The van der Waals surface area contributed by atoms with Gasteiger partial charge in [0.1, 0.15) is 48.9 Å². The lowest BCUT2D eigenvalue weighted by molar-refractivity contribution is -0.149. The molecule has 1 saturated carbocycles. The van der Waals surface area contributed by atoms with Crippen LogP contribution in [0.5, 0.6) is 11.8 Å². The quantitative estimate of drug-likeness (QED) is 0.0621. The molecule has 1 aliphatic carbocycles. The molecule has 4 aliphatic heterocycles. The maximum absolute atomic E-state index is 17.1. The Labute approximate surface area is 466 Å². The Morgan fingerprint density at radius 2 is 1.73 bits per heavy atom. The average Bonchev–Trinajstić information content (AvgIpc) is 3.78. The fourth-order valence-electron chi connectivity index (χ4n) is 12.0. The van der Waals surface area contributed by atoms with Crippen molar-refractivity contribution in [1.82, 2.24) is 40.4 Å². The molecule has 16 nitrogen and oxygen atoms in total. The molecule has 11 rings (SSSR count). The molecule has 4 atom stereocenters. The lowest BCUT2D eigenvalue weighted by Crippen LogP contribution is -2.69. The Morgan fingerprint density at radius 1 is 0.987 bits per heavy atom. The van der Waals surface area contributed by atoms with Crippen LogP contribution in [0.15, 0.2) is 71.3 Å². The standard InChI is InChI=1S/C60H70BFN10O6S/c1-7-38-10-8-11-41-28-44(73)29-45(48(38)41)50-49(62)51-46(30-63-50)53(71-31-42-17-18-43(32-71)66-42)68-57(67-51)77-27-26-70-24-19-37(20-25-70)33-78-59(21-22-59)55(75)69-60(61,58(4,5)6)56(76)72-23-9-12-47(72)54(74)65-35(2)39-13-15-40(16-14-39)52-36(3)64-34-79-52/h8,10-11,13-16,28-30,34,37,42-43,47,66,73H,7,9,12,17-27,31-33H2,1-6H3,(H,69,75). The van der Waals surface area contributed by atoms with Crippen molar-refractivity contribution in [1.29, 1.82) is 0 Å². The number of halogens is 1. The molecule has 5 fully saturated rings. The van der Waals surface area contributed by atoms with Crippen molar-refractivity contribution >= 4 is 70.1 Å². The molecule has 19 heteroatoms. The average molecular weight is 1090 g/mol. The molecule has 3 N–H and O–H groups in total. The van der Waals surface area contributed by atoms with Gasteiger partial charge in [0, 0.05) is 55.7 Å². The summed E-state index contributed by atoms with van der Waals surface area (Å²) in [5.74, 6) is -1.12. The zero-order valence-electron chi connectivity index (χ0n) is 46.1. The third-order valence-electron chi connectivity index (χ3n) is 17.1. The summed E-state index contributed by atoms with van der Waals surface area (Å²) in [6, 6.07) is 16.9. The van der Waals surface area contributed by atoms with Gasteiger partial charge >= 0.3 is 6.01 Å². The van der Waals surface area contributed by atoms with Crippen LogP contribution in [0.4, 0.5) is 10.2 Å². The Morgan fingerprint density at radius 3 is 2.42 bits per heavy atom. The minimum Gasteiger partial charge on any atom is -0.508 e. The van der Waals surface area contributed by atoms with E-state index in [4.69, 9.17) is 32.3 Å². The van der Waals surface area contributed by atoms with E-state index < -0.39 is 46.0 Å². The van der Waals surface area contributed by atoms with Crippen molar-refractivity contribution in [2.45, 2.75) is 128 Å². The first kappa shape index (κ1) is 54.5. The van der Waals surface area contributed by atoms with Crippen molar-refractivity contribution in [2.24, 2.45) is 16.3 Å². The van der Waals surface area contributed by atoms with Crippen LogP contribution in [0.2, 0.25) is 0 Å². The van der Waals surface area contributed by atoms with Crippen LogP contribution in [-0.2, 0) is 25.5 Å². The number of carbonyl (C=O) groups excluding carboxylic acids is 3. The van der Waals surface area contributed by atoms with Gasteiger partial charge in [-0.25, -0.2) is 14.4 Å². The number of aromatic hydroxyl groups is 1. The predicted molar refractivity (Wildman–Crippen MR) is 306 cm³/mol.